The molecule has 1 heterocycles. The van der Waals surface area contributed by atoms with Crippen LogP contribution in [0.15, 0.2) is 24.3 Å². The number of carboxylic acids is 1. The fourth-order valence-electron chi connectivity index (χ4n) is 1.14. The predicted molar refractivity (Wildman–Crippen MR) is 48.6 cm³/mol. The number of carboxylic acid groups (broad SMARTS) is 1. The van der Waals surface area contributed by atoms with Gasteiger partial charge in [0.2, 0.25) is 6.29 Å². The number of benzene rings is 1. The predicted octanol–water partition coefficient (Wildman–Crippen LogP) is 0.898. The van der Waals surface area contributed by atoms with E-state index >= 15 is 0 Å². The summed E-state index contributed by atoms with van der Waals surface area (Å²) in [5.74, 6) is -1.82. The molecule has 1 aliphatic heterocycles. The third-order valence-corrected chi connectivity index (χ3v) is 1.92. The average Bonchev–Trinajstić information content (AvgIpc) is 3.01. The Morgan fingerprint density at radius 1 is 1.33 bits per heavy atom. The van der Waals surface area contributed by atoms with E-state index in [1.54, 1.807) is 12.1 Å². The van der Waals surface area contributed by atoms with Crippen molar-refractivity contribution in [3.63, 3.8) is 0 Å². The molecule has 5 heteroatoms. The van der Waals surface area contributed by atoms with Gasteiger partial charge in [-0.15, -0.1) is 0 Å². The highest BCUT2D eigenvalue weighted by atomic mass is 16.8. The van der Waals surface area contributed by atoms with E-state index < -0.39 is 18.2 Å². The number of aromatic carboxylic acids is 1. The van der Waals surface area contributed by atoms with Crippen molar-refractivity contribution in [3.8, 4) is 0 Å². The zero-order valence-corrected chi connectivity index (χ0v) is 7.67. The molecule has 1 N–H and O–H groups in total. The van der Waals surface area contributed by atoms with Gasteiger partial charge in [0.05, 0.1) is 11.1 Å². The topological polar surface area (TPSA) is 76.1 Å². The van der Waals surface area contributed by atoms with Crippen molar-refractivity contribution in [2.75, 3.05) is 6.61 Å². The summed E-state index contributed by atoms with van der Waals surface area (Å²) in [6.45, 7) is 0.376. The van der Waals surface area contributed by atoms with Crippen molar-refractivity contribution < 1.29 is 24.2 Å². The highest BCUT2D eigenvalue weighted by Gasteiger charge is 2.29. The summed E-state index contributed by atoms with van der Waals surface area (Å²) in [5.41, 5.74) is -0.0244. The number of hydrogen-bond donors (Lipinski definition) is 1. The molecule has 15 heavy (non-hydrogen) atoms. The summed E-state index contributed by atoms with van der Waals surface area (Å²) in [4.78, 5) is 22.2. The average molecular weight is 208 g/mol. The van der Waals surface area contributed by atoms with Gasteiger partial charge < -0.3 is 14.6 Å². The Morgan fingerprint density at radius 3 is 2.47 bits per heavy atom. The van der Waals surface area contributed by atoms with Crippen LogP contribution in [0.5, 0.6) is 0 Å². The Bertz CT molecular complexity index is 408. The van der Waals surface area contributed by atoms with Gasteiger partial charge in [-0.05, 0) is 12.1 Å². The molecule has 0 amide bonds. The summed E-state index contributed by atoms with van der Waals surface area (Å²) in [5, 5.41) is 8.83. The van der Waals surface area contributed by atoms with Gasteiger partial charge in [0, 0.05) is 0 Å². The highest BCUT2D eigenvalue weighted by molar-refractivity contribution is 6.02. The molecule has 0 radical (unpaired) electrons. The maximum Gasteiger partial charge on any atom is 0.341 e. The van der Waals surface area contributed by atoms with E-state index in [2.05, 4.69) is 0 Å². The number of hydrogen-bond acceptors (Lipinski definition) is 4. The van der Waals surface area contributed by atoms with Crippen LogP contribution in [0.1, 0.15) is 20.7 Å². The van der Waals surface area contributed by atoms with Crippen molar-refractivity contribution in [1.82, 2.24) is 0 Å². The lowest BCUT2D eigenvalue weighted by atomic mass is 10.1. The molecule has 78 valence electrons. The standard InChI is InChI=1S/C10H8O5/c11-9(12)6-3-1-2-4-7(6)10(13)15-8-5-14-8/h1-4,8H,5H2,(H,11,12). The quantitative estimate of drug-likeness (QED) is 0.589. The Hall–Kier alpha value is -1.88. The molecule has 0 aromatic heterocycles. The van der Waals surface area contributed by atoms with Gasteiger partial charge in [-0.3, -0.25) is 0 Å². The molecule has 0 saturated carbocycles. The third kappa shape index (κ3) is 2.13. The molecule has 0 bridgehead atoms. The maximum absolute atomic E-state index is 11.5. The van der Waals surface area contributed by atoms with Crippen molar-refractivity contribution in [1.29, 1.82) is 0 Å². The second-order valence-corrected chi connectivity index (χ2v) is 3.02. The first-order chi connectivity index (χ1) is 7.18. The molecular weight excluding hydrogens is 200 g/mol. The van der Waals surface area contributed by atoms with E-state index in [0.717, 1.165) is 0 Å². The first-order valence-corrected chi connectivity index (χ1v) is 4.33. The lowest BCUT2D eigenvalue weighted by Crippen LogP contribution is -2.12. The molecule has 0 aliphatic carbocycles. The van der Waals surface area contributed by atoms with Crippen molar-refractivity contribution in [3.05, 3.63) is 35.4 Å². The maximum atomic E-state index is 11.5. The minimum absolute atomic E-state index is 0.0421. The number of epoxide rings is 1. The SMILES string of the molecule is O=C(O)c1ccccc1C(=O)OC1CO1. The monoisotopic (exact) mass is 208 g/mol. The van der Waals surface area contributed by atoms with Gasteiger partial charge >= 0.3 is 11.9 Å². The number of carbonyl (C=O) groups excluding carboxylic acids is 1. The molecule has 0 spiro atoms. The lowest BCUT2D eigenvalue weighted by Gasteiger charge is -2.04. The van der Waals surface area contributed by atoms with E-state index in [1.165, 1.54) is 12.1 Å². The number of ether oxygens (including phenoxy) is 2. The van der Waals surface area contributed by atoms with Gasteiger partial charge in [-0.2, -0.15) is 0 Å². The molecule has 1 atom stereocenters. The summed E-state index contributed by atoms with van der Waals surface area (Å²) in [6, 6.07) is 5.89. The second-order valence-electron chi connectivity index (χ2n) is 3.02. The van der Waals surface area contributed by atoms with Crippen LogP contribution in [0.3, 0.4) is 0 Å². The summed E-state index contributed by atoms with van der Waals surface area (Å²) in [7, 11) is 0. The van der Waals surface area contributed by atoms with Gasteiger partial charge in [0.15, 0.2) is 0 Å². The summed E-state index contributed by atoms with van der Waals surface area (Å²) in [6.07, 6.45) is -0.514. The Balaban J connectivity index is 2.24. The minimum Gasteiger partial charge on any atom is -0.478 e. The van der Waals surface area contributed by atoms with Crippen LogP contribution >= 0.6 is 0 Å². The number of esters is 1. The van der Waals surface area contributed by atoms with Crippen LogP contribution < -0.4 is 0 Å². The Morgan fingerprint density at radius 2 is 1.93 bits per heavy atom. The summed E-state index contributed by atoms with van der Waals surface area (Å²) < 4.78 is 9.52. The molecule has 1 unspecified atom stereocenters. The van der Waals surface area contributed by atoms with Gasteiger partial charge in [0.25, 0.3) is 0 Å². The molecule has 5 nitrogen and oxygen atoms in total. The first-order valence-electron chi connectivity index (χ1n) is 4.33. The second kappa shape index (κ2) is 3.70. The van der Waals surface area contributed by atoms with Crippen molar-refractivity contribution in [2.45, 2.75) is 6.29 Å². The normalized spacial score (nSPS) is 18.3. The van der Waals surface area contributed by atoms with E-state index in [-0.39, 0.29) is 11.1 Å². The number of rotatable bonds is 3. The molecule has 1 aromatic carbocycles. The van der Waals surface area contributed by atoms with E-state index in [1.807, 2.05) is 0 Å². The third-order valence-electron chi connectivity index (χ3n) is 1.92. The lowest BCUT2D eigenvalue weighted by molar-refractivity contribution is 0.0292. The fourth-order valence-corrected chi connectivity index (χ4v) is 1.14. The van der Waals surface area contributed by atoms with Crippen molar-refractivity contribution in [2.24, 2.45) is 0 Å². The van der Waals surface area contributed by atoms with E-state index in [0.29, 0.717) is 6.61 Å². The number of carbonyl (C=O) groups is 2. The smallest absolute Gasteiger partial charge is 0.341 e. The Labute approximate surface area is 85.2 Å². The van der Waals surface area contributed by atoms with E-state index in [4.69, 9.17) is 14.6 Å². The van der Waals surface area contributed by atoms with Gasteiger partial charge in [0.1, 0.15) is 6.61 Å². The van der Waals surface area contributed by atoms with Crippen LogP contribution in [0.4, 0.5) is 0 Å². The van der Waals surface area contributed by atoms with Gasteiger partial charge in [-0.25, -0.2) is 9.59 Å². The van der Waals surface area contributed by atoms with Crippen molar-refractivity contribution >= 4 is 11.9 Å². The minimum atomic E-state index is -1.15. The largest absolute Gasteiger partial charge is 0.478 e. The van der Waals surface area contributed by atoms with E-state index in [9.17, 15) is 9.59 Å². The zero-order chi connectivity index (χ0) is 10.8. The molecule has 2 rings (SSSR count). The molecule has 1 aliphatic rings. The van der Waals surface area contributed by atoms with Gasteiger partial charge in [-0.1, -0.05) is 12.1 Å². The molecule has 1 saturated heterocycles. The zero-order valence-electron chi connectivity index (χ0n) is 7.67. The van der Waals surface area contributed by atoms with Crippen LogP contribution in [-0.2, 0) is 9.47 Å². The molecule has 1 fully saturated rings. The molecular formula is C10H8O5. The Kier molecular flexibility index (Phi) is 2.39. The fraction of sp³-hybridized carbons (Fsp3) is 0.200. The van der Waals surface area contributed by atoms with Crippen LogP contribution in [0.25, 0.3) is 0 Å². The first kappa shape index (κ1) is 9.67. The van der Waals surface area contributed by atoms with Crippen LogP contribution in [-0.4, -0.2) is 29.9 Å². The summed E-state index contributed by atoms with van der Waals surface area (Å²) >= 11 is 0. The van der Waals surface area contributed by atoms with Crippen LogP contribution in [0, 0.1) is 0 Å². The highest BCUT2D eigenvalue weighted by Crippen LogP contribution is 2.16. The van der Waals surface area contributed by atoms with Crippen LogP contribution in [0.2, 0.25) is 0 Å². The molecule has 1 aromatic rings.